The maximum atomic E-state index is 13.5. The zero-order valence-electron chi connectivity index (χ0n) is 9.82. The lowest BCUT2D eigenvalue weighted by molar-refractivity contribution is 0.340. The summed E-state index contributed by atoms with van der Waals surface area (Å²) in [6.45, 7) is 2.61. The minimum atomic E-state index is -0.151. The van der Waals surface area contributed by atoms with Gasteiger partial charge < -0.3 is 4.74 Å². The molecule has 17 heavy (non-hydrogen) atoms. The van der Waals surface area contributed by atoms with Crippen molar-refractivity contribution in [2.75, 3.05) is 6.61 Å². The number of hydrogen-bond donors (Lipinski definition) is 0. The van der Waals surface area contributed by atoms with Crippen molar-refractivity contribution in [3.8, 4) is 5.75 Å². The molecule has 0 spiro atoms. The summed E-state index contributed by atoms with van der Waals surface area (Å²) >= 11 is 0. The van der Waals surface area contributed by atoms with E-state index in [0.29, 0.717) is 13.0 Å². The summed E-state index contributed by atoms with van der Waals surface area (Å²) in [5.74, 6) is 0.700. The third-order valence-electron chi connectivity index (χ3n) is 2.59. The molecular weight excluding hydrogens is 215 g/mol. The molecule has 0 heterocycles. The zero-order valence-corrected chi connectivity index (χ0v) is 9.82. The van der Waals surface area contributed by atoms with Gasteiger partial charge in [0.1, 0.15) is 11.6 Å². The highest BCUT2D eigenvalue weighted by atomic mass is 19.1. The van der Waals surface area contributed by atoms with E-state index in [4.69, 9.17) is 4.74 Å². The topological polar surface area (TPSA) is 9.23 Å². The number of hydrogen-bond acceptors (Lipinski definition) is 1. The average molecular weight is 230 g/mol. The Morgan fingerprint density at radius 3 is 2.35 bits per heavy atom. The summed E-state index contributed by atoms with van der Waals surface area (Å²) < 4.78 is 18.8. The van der Waals surface area contributed by atoms with Crippen molar-refractivity contribution in [3.63, 3.8) is 0 Å². The molecule has 0 aliphatic rings. The van der Waals surface area contributed by atoms with Gasteiger partial charge in [-0.2, -0.15) is 0 Å². The lowest BCUT2D eigenvalue weighted by atomic mass is 10.0. The van der Waals surface area contributed by atoms with Crippen molar-refractivity contribution in [1.29, 1.82) is 0 Å². The predicted molar refractivity (Wildman–Crippen MR) is 66.8 cm³/mol. The van der Waals surface area contributed by atoms with Gasteiger partial charge in [-0.3, -0.25) is 0 Å². The Balaban J connectivity index is 2.11. The number of benzene rings is 2. The smallest absolute Gasteiger partial charge is 0.126 e. The van der Waals surface area contributed by atoms with Crippen LogP contribution in [0.15, 0.2) is 48.5 Å². The highest BCUT2D eigenvalue weighted by molar-refractivity contribution is 5.31. The van der Waals surface area contributed by atoms with Crippen LogP contribution in [0.4, 0.5) is 4.39 Å². The van der Waals surface area contributed by atoms with E-state index < -0.39 is 0 Å². The average Bonchev–Trinajstić information content (AvgIpc) is 2.35. The molecule has 0 aliphatic carbocycles. The number of rotatable bonds is 4. The maximum absolute atomic E-state index is 13.5. The van der Waals surface area contributed by atoms with Crippen LogP contribution in [0.1, 0.15) is 18.1 Å². The van der Waals surface area contributed by atoms with Gasteiger partial charge in [0.25, 0.3) is 0 Å². The van der Waals surface area contributed by atoms with Gasteiger partial charge >= 0.3 is 0 Å². The van der Waals surface area contributed by atoms with E-state index in [0.717, 1.165) is 16.9 Å². The van der Waals surface area contributed by atoms with Crippen LogP contribution in [0.3, 0.4) is 0 Å². The van der Waals surface area contributed by atoms with Gasteiger partial charge in [-0.1, -0.05) is 30.3 Å². The first-order valence-electron chi connectivity index (χ1n) is 5.74. The highest BCUT2D eigenvalue weighted by Crippen LogP contribution is 2.16. The largest absolute Gasteiger partial charge is 0.494 e. The van der Waals surface area contributed by atoms with Crippen LogP contribution in [0.25, 0.3) is 0 Å². The standard InChI is InChI=1S/C15H15FO/c1-2-17-14-9-7-12(8-10-14)11-13-5-3-4-6-15(13)16/h3-10H,2,11H2,1H3. The van der Waals surface area contributed by atoms with Gasteiger partial charge in [0.05, 0.1) is 6.61 Å². The van der Waals surface area contributed by atoms with Gasteiger partial charge in [0, 0.05) is 6.42 Å². The molecule has 0 saturated heterocycles. The van der Waals surface area contributed by atoms with Crippen LogP contribution in [-0.2, 0) is 6.42 Å². The second kappa shape index (κ2) is 5.48. The van der Waals surface area contributed by atoms with Crippen molar-refractivity contribution in [2.45, 2.75) is 13.3 Å². The predicted octanol–water partition coefficient (Wildman–Crippen LogP) is 3.82. The van der Waals surface area contributed by atoms with Crippen LogP contribution in [-0.4, -0.2) is 6.61 Å². The van der Waals surface area contributed by atoms with E-state index in [1.165, 1.54) is 6.07 Å². The van der Waals surface area contributed by atoms with Crippen molar-refractivity contribution in [1.82, 2.24) is 0 Å². The molecule has 0 amide bonds. The number of ether oxygens (including phenoxy) is 1. The van der Waals surface area contributed by atoms with Gasteiger partial charge in [-0.25, -0.2) is 4.39 Å². The third kappa shape index (κ3) is 3.06. The van der Waals surface area contributed by atoms with E-state index in [-0.39, 0.29) is 5.82 Å². The minimum Gasteiger partial charge on any atom is -0.494 e. The van der Waals surface area contributed by atoms with Crippen molar-refractivity contribution in [3.05, 3.63) is 65.5 Å². The molecule has 0 atom stereocenters. The van der Waals surface area contributed by atoms with Crippen LogP contribution in [0, 0.1) is 5.82 Å². The fourth-order valence-corrected chi connectivity index (χ4v) is 1.73. The molecule has 0 bridgehead atoms. The molecule has 0 radical (unpaired) electrons. The first kappa shape index (κ1) is 11.6. The second-order valence-electron chi connectivity index (χ2n) is 3.85. The monoisotopic (exact) mass is 230 g/mol. The fourth-order valence-electron chi connectivity index (χ4n) is 1.73. The SMILES string of the molecule is CCOc1ccc(Cc2ccccc2F)cc1. The van der Waals surface area contributed by atoms with Gasteiger partial charge in [-0.05, 0) is 36.2 Å². The zero-order chi connectivity index (χ0) is 12.1. The third-order valence-corrected chi connectivity index (χ3v) is 2.59. The summed E-state index contributed by atoms with van der Waals surface area (Å²) in [6, 6.07) is 14.6. The quantitative estimate of drug-likeness (QED) is 0.776. The first-order chi connectivity index (χ1) is 8.29. The van der Waals surface area contributed by atoms with E-state index in [9.17, 15) is 4.39 Å². The van der Waals surface area contributed by atoms with E-state index in [1.807, 2.05) is 43.3 Å². The molecule has 2 aromatic rings. The molecule has 0 aliphatic heterocycles. The molecule has 0 N–H and O–H groups in total. The number of halogens is 1. The lowest BCUT2D eigenvalue weighted by Gasteiger charge is -2.06. The fraction of sp³-hybridized carbons (Fsp3) is 0.200. The van der Waals surface area contributed by atoms with Crippen molar-refractivity contribution >= 4 is 0 Å². The van der Waals surface area contributed by atoms with Gasteiger partial charge in [-0.15, -0.1) is 0 Å². The Kier molecular flexibility index (Phi) is 3.76. The molecule has 0 saturated carbocycles. The Morgan fingerprint density at radius 1 is 1.00 bits per heavy atom. The maximum Gasteiger partial charge on any atom is 0.126 e. The summed E-state index contributed by atoms with van der Waals surface area (Å²) in [7, 11) is 0. The normalized spacial score (nSPS) is 10.2. The Labute approximate surface area is 101 Å². The van der Waals surface area contributed by atoms with E-state index in [2.05, 4.69) is 0 Å². The summed E-state index contributed by atoms with van der Waals surface area (Å²) in [4.78, 5) is 0. The van der Waals surface area contributed by atoms with Crippen LogP contribution in [0.5, 0.6) is 5.75 Å². The Morgan fingerprint density at radius 2 is 1.71 bits per heavy atom. The van der Waals surface area contributed by atoms with Crippen LogP contribution >= 0.6 is 0 Å². The molecule has 88 valence electrons. The molecule has 2 rings (SSSR count). The molecule has 0 fully saturated rings. The molecular formula is C15H15FO. The first-order valence-corrected chi connectivity index (χ1v) is 5.74. The molecule has 0 unspecified atom stereocenters. The summed E-state index contributed by atoms with van der Waals surface area (Å²) in [6.07, 6.45) is 0.610. The van der Waals surface area contributed by atoms with E-state index in [1.54, 1.807) is 6.07 Å². The van der Waals surface area contributed by atoms with E-state index >= 15 is 0 Å². The van der Waals surface area contributed by atoms with Gasteiger partial charge in [0.15, 0.2) is 0 Å². The van der Waals surface area contributed by atoms with Crippen LogP contribution < -0.4 is 4.74 Å². The summed E-state index contributed by atoms with van der Waals surface area (Å²) in [5.41, 5.74) is 1.80. The Bertz CT molecular complexity index is 477. The molecule has 0 aromatic heterocycles. The van der Waals surface area contributed by atoms with Gasteiger partial charge in [0.2, 0.25) is 0 Å². The molecule has 2 aromatic carbocycles. The Hall–Kier alpha value is -1.83. The van der Waals surface area contributed by atoms with Crippen molar-refractivity contribution in [2.24, 2.45) is 0 Å². The summed E-state index contributed by atoms with van der Waals surface area (Å²) in [5, 5.41) is 0. The molecule has 2 heteroatoms. The second-order valence-corrected chi connectivity index (χ2v) is 3.85. The molecule has 1 nitrogen and oxygen atoms in total. The lowest BCUT2D eigenvalue weighted by Crippen LogP contribution is -1.94. The van der Waals surface area contributed by atoms with Crippen molar-refractivity contribution < 1.29 is 9.13 Å². The van der Waals surface area contributed by atoms with Crippen LogP contribution in [0.2, 0.25) is 0 Å². The highest BCUT2D eigenvalue weighted by Gasteiger charge is 2.02. The minimum absolute atomic E-state index is 0.151.